The molecular weight excluding hydrogens is 374 g/mol. The molecule has 1 saturated heterocycles. The molecule has 1 amide bonds. The van der Waals surface area contributed by atoms with E-state index in [1.165, 1.54) is 5.56 Å². The van der Waals surface area contributed by atoms with Crippen molar-refractivity contribution in [2.75, 3.05) is 40.9 Å². The quantitative estimate of drug-likeness (QED) is 0.676. The standard InChI is InChI=1S/C24H25N5O/c1-18-14-19-6-2-3-7-22(19)29(18)24(30)20-15-21(17-25-16-20)27-10-12-28(13-11-27)23-8-4-5-9-26-23/h2-9,15-18H,10-14H2,1H3. The Labute approximate surface area is 176 Å². The van der Waals surface area contributed by atoms with Gasteiger partial charge in [-0.2, -0.15) is 0 Å². The second-order valence-corrected chi connectivity index (χ2v) is 7.95. The summed E-state index contributed by atoms with van der Waals surface area (Å²) in [5.41, 5.74) is 3.89. The number of pyridine rings is 2. The number of aromatic nitrogens is 2. The maximum Gasteiger partial charge on any atom is 0.260 e. The van der Waals surface area contributed by atoms with Crippen LogP contribution in [0.25, 0.3) is 0 Å². The van der Waals surface area contributed by atoms with Crippen LogP contribution in [0.5, 0.6) is 0 Å². The summed E-state index contributed by atoms with van der Waals surface area (Å²) in [6, 6.07) is 16.3. The smallest absolute Gasteiger partial charge is 0.260 e. The third-order valence-electron chi connectivity index (χ3n) is 6.01. The highest BCUT2D eigenvalue weighted by Crippen LogP contribution is 2.33. The predicted octanol–water partition coefficient (Wildman–Crippen LogP) is 3.39. The number of hydrogen-bond acceptors (Lipinski definition) is 5. The molecule has 1 fully saturated rings. The van der Waals surface area contributed by atoms with Crippen molar-refractivity contribution in [3.63, 3.8) is 0 Å². The van der Waals surface area contributed by atoms with Crippen LogP contribution in [0.2, 0.25) is 0 Å². The number of hydrogen-bond donors (Lipinski definition) is 0. The Hall–Kier alpha value is -3.41. The summed E-state index contributed by atoms with van der Waals surface area (Å²) in [5, 5.41) is 0. The average Bonchev–Trinajstić information content (AvgIpc) is 3.15. The lowest BCUT2D eigenvalue weighted by atomic mass is 10.1. The molecule has 5 rings (SSSR count). The van der Waals surface area contributed by atoms with Crippen LogP contribution in [-0.4, -0.2) is 48.1 Å². The summed E-state index contributed by atoms with van der Waals surface area (Å²) < 4.78 is 0. The number of carbonyl (C=O) groups is 1. The van der Waals surface area contributed by atoms with E-state index in [1.807, 2.05) is 59.8 Å². The summed E-state index contributed by atoms with van der Waals surface area (Å²) in [4.78, 5) is 28.7. The normalized spacial score (nSPS) is 18.4. The zero-order chi connectivity index (χ0) is 20.5. The van der Waals surface area contributed by atoms with Crippen LogP contribution >= 0.6 is 0 Å². The molecule has 0 spiro atoms. The van der Waals surface area contributed by atoms with Crippen LogP contribution in [0.3, 0.4) is 0 Å². The van der Waals surface area contributed by atoms with Crippen LogP contribution in [0.15, 0.2) is 67.1 Å². The number of para-hydroxylation sites is 1. The first-order valence-electron chi connectivity index (χ1n) is 10.5. The van der Waals surface area contributed by atoms with E-state index in [0.717, 1.165) is 49.8 Å². The first kappa shape index (κ1) is 18.6. The molecule has 2 aliphatic heterocycles. The van der Waals surface area contributed by atoms with Gasteiger partial charge in [0.05, 0.1) is 17.4 Å². The van der Waals surface area contributed by atoms with Gasteiger partial charge in [-0.3, -0.25) is 9.78 Å². The monoisotopic (exact) mass is 399 g/mol. The fraction of sp³-hybridized carbons (Fsp3) is 0.292. The van der Waals surface area contributed by atoms with Crippen LogP contribution in [0.4, 0.5) is 17.2 Å². The van der Waals surface area contributed by atoms with E-state index in [9.17, 15) is 4.79 Å². The van der Waals surface area contributed by atoms with Gasteiger partial charge in [-0.25, -0.2) is 4.98 Å². The molecule has 0 aliphatic carbocycles. The van der Waals surface area contributed by atoms with Crippen LogP contribution in [0.1, 0.15) is 22.8 Å². The average molecular weight is 399 g/mol. The van der Waals surface area contributed by atoms with Crippen molar-refractivity contribution in [2.45, 2.75) is 19.4 Å². The Balaban J connectivity index is 1.32. The van der Waals surface area contributed by atoms with E-state index in [1.54, 1.807) is 6.20 Å². The molecule has 4 heterocycles. The maximum atomic E-state index is 13.3. The number of amides is 1. The van der Waals surface area contributed by atoms with Crippen molar-refractivity contribution in [1.82, 2.24) is 9.97 Å². The lowest BCUT2D eigenvalue weighted by Crippen LogP contribution is -2.47. The van der Waals surface area contributed by atoms with Crippen molar-refractivity contribution in [3.05, 3.63) is 78.2 Å². The minimum absolute atomic E-state index is 0.0221. The number of carbonyl (C=O) groups excluding carboxylic acids is 1. The summed E-state index contributed by atoms with van der Waals surface area (Å²) in [6.45, 7) is 5.64. The van der Waals surface area contributed by atoms with Gasteiger partial charge in [0.25, 0.3) is 5.91 Å². The molecule has 6 nitrogen and oxygen atoms in total. The Bertz CT molecular complexity index is 1050. The predicted molar refractivity (Wildman–Crippen MR) is 119 cm³/mol. The van der Waals surface area contributed by atoms with Crippen molar-refractivity contribution < 1.29 is 4.79 Å². The van der Waals surface area contributed by atoms with Gasteiger partial charge in [0.1, 0.15) is 5.82 Å². The maximum absolute atomic E-state index is 13.3. The number of anilines is 3. The molecule has 2 aliphatic rings. The van der Waals surface area contributed by atoms with E-state index in [-0.39, 0.29) is 11.9 Å². The van der Waals surface area contributed by atoms with Crippen molar-refractivity contribution >= 4 is 23.1 Å². The fourth-order valence-corrected chi connectivity index (χ4v) is 4.47. The van der Waals surface area contributed by atoms with E-state index in [2.05, 4.69) is 32.8 Å². The minimum Gasteiger partial charge on any atom is -0.367 e. The first-order valence-corrected chi connectivity index (χ1v) is 10.5. The van der Waals surface area contributed by atoms with Crippen molar-refractivity contribution in [3.8, 4) is 0 Å². The number of fused-ring (bicyclic) bond motifs is 1. The topological polar surface area (TPSA) is 52.6 Å². The molecule has 30 heavy (non-hydrogen) atoms. The van der Waals surface area contributed by atoms with Gasteiger partial charge in [0.2, 0.25) is 0 Å². The highest BCUT2D eigenvalue weighted by Gasteiger charge is 2.31. The number of benzene rings is 1. The van der Waals surface area contributed by atoms with Crippen molar-refractivity contribution in [1.29, 1.82) is 0 Å². The molecular formula is C24H25N5O. The fourth-order valence-electron chi connectivity index (χ4n) is 4.47. The lowest BCUT2D eigenvalue weighted by molar-refractivity contribution is 0.0981. The van der Waals surface area contributed by atoms with E-state index >= 15 is 0 Å². The van der Waals surface area contributed by atoms with Crippen LogP contribution in [-0.2, 0) is 6.42 Å². The summed E-state index contributed by atoms with van der Waals surface area (Å²) in [6.07, 6.45) is 6.26. The van der Waals surface area contributed by atoms with Crippen LogP contribution in [0, 0.1) is 0 Å². The molecule has 1 atom stereocenters. The molecule has 3 aromatic rings. The van der Waals surface area contributed by atoms with E-state index < -0.39 is 0 Å². The molecule has 2 aromatic heterocycles. The Morgan fingerprint density at radius 3 is 2.53 bits per heavy atom. The number of piperazine rings is 1. The second kappa shape index (κ2) is 7.78. The summed E-state index contributed by atoms with van der Waals surface area (Å²) >= 11 is 0. The highest BCUT2D eigenvalue weighted by atomic mass is 16.2. The lowest BCUT2D eigenvalue weighted by Gasteiger charge is -2.36. The molecule has 152 valence electrons. The largest absolute Gasteiger partial charge is 0.367 e. The zero-order valence-electron chi connectivity index (χ0n) is 17.1. The van der Waals surface area contributed by atoms with Gasteiger partial charge >= 0.3 is 0 Å². The molecule has 0 bridgehead atoms. The van der Waals surface area contributed by atoms with E-state index in [4.69, 9.17) is 0 Å². The van der Waals surface area contributed by atoms with Gasteiger partial charge in [-0.05, 0) is 43.2 Å². The van der Waals surface area contributed by atoms with Gasteiger partial charge in [-0.15, -0.1) is 0 Å². The van der Waals surface area contributed by atoms with E-state index in [0.29, 0.717) is 5.56 Å². The summed E-state index contributed by atoms with van der Waals surface area (Å²) in [7, 11) is 0. The number of nitrogens with zero attached hydrogens (tertiary/aromatic N) is 5. The molecule has 1 unspecified atom stereocenters. The second-order valence-electron chi connectivity index (χ2n) is 7.95. The zero-order valence-corrected chi connectivity index (χ0v) is 17.1. The molecule has 0 saturated carbocycles. The molecule has 0 radical (unpaired) electrons. The Morgan fingerprint density at radius 2 is 1.73 bits per heavy atom. The third-order valence-corrected chi connectivity index (χ3v) is 6.01. The minimum atomic E-state index is 0.0221. The van der Waals surface area contributed by atoms with Gasteiger partial charge in [-0.1, -0.05) is 24.3 Å². The van der Waals surface area contributed by atoms with Crippen molar-refractivity contribution in [2.24, 2.45) is 0 Å². The summed E-state index contributed by atoms with van der Waals surface area (Å²) in [5.74, 6) is 1.04. The third kappa shape index (κ3) is 3.38. The van der Waals surface area contributed by atoms with Gasteiger partial charge in [0.15, 0.2) is 0 Å². The Morgan fingerprint density at radius 1 is 0.967 bits per heavy atom. The molecule has 1 aromatic carbocycles. The van der Waals surface area contributed by atoms with Gasteiger partial charge in [0, 0.05) is 50.3 Å². The highest BCUT2D eigenvalue weighted by molar-refractivity contribution is 6.08. The molecule has 6 heteroatoms. The van der Waals surface area contributed by atoms with Gasteiger partial charge < -0.3 is 14.7 Å². The molecule has 0 N–H and O–H groups in total. The SMILES string of the molecule is CC1Cc2ccccc2N1C(=O)c1cncc(N2CCN(c3ccccn3)CC2)c1. The first-order chi connectivity index (χ1) is 14.7. The number of rotatable bonds is 3. The Kier molecular flexibility index (Phi) is 4.83. The van der Waals surface area contributed by atoms with Crippen LogP contribution < -0.4 is 14.7 Å².